The van der Waals surface area contributed by atoms with Crippen LogP contribution in [0.25, 0.3) is 5.70 Å². The molecule has 0 fully saturated rings. The van der Waals surface area contributed by atoms with Gasteiger partial charge in [-0.2, -0.15) is 10.1 Å². The van der Waals surface area contributed by atoms with E-state index in [1.165, 1.54) is 6.33 Å². The van der Waals surface area contributed by atoms with Crippen LogP contribution in [0.2, 0.25) is 0 Å². The van der Waals surface area contributed by atoms with Crippen molar-refractivity contribution in [3.63, 3.8) is 0 Å². The van der Waals surface area contributed by atoms with Crippen molar-refractivity contribution in [3.8, 4) is 11.5 Å². The van der Waals surface area contributed by atoms with Crippen LogP contribution in [0, 0.1) is 0 Å². The first-order valence-corrected chi connectivity index (χ1v) is 8.15. The number of aromatic hydroxyl groups is 1. The number of fused-ring (bicyclic) bond motifs is 1. The fraction of sp³-hybridized carbons (Fsp3) is 0.158. The third kappa shape index (κ3) is 2.82. The Hall–Kier alpha value is -3.28. The van der Waals surface area contributed by atoms with E-state index >= 15 is 0 Å². The van der Waals surface area contributed by atoms with E-state index in [0.717, 1.165) is 16.8 Å². The molecular formula is C19H18N4O2. The second-order valence-corrected chi connectivity index (χ2v) is 5.70. The summed E-state index contributed by atoms with van der Waals surface area (Å²) in [6.07, 6.45) is 3.63. The average molecular weight is 334 g/mol. The van der Waals surface area contributed by atoms with E-state index in [0.29, 0.717) is 18.3 Å². The van der Waals surface area contributed by atoms with Gasteiger partial charge in [0.05, 0.1) is 6.61 Å². The molecule has 3 aromatic rings. The highest BCUT2D eigenvalue weighted by Crippen LogP contribution is 2.35. The second-order valence-electron chi connectivity index (χ2n) is 5.70. The van der Waals surface area contributed by atoms with E-state index in [1.54, 1.807) is 6.07 Å². The van der Waals surface area contributed by atoms with E-state index in [9.17, 15) is 5.11 Å². The van der Waals surface area contributed by atoms with Gasteiger partial charge < -0.3 is 15.2 Å². The Kier molecular flexibility index (Phi) is 3.85. The van der Waals surface area contributed by atoms with Crippen LogP contribution >= 0.6 is 0 Å². The second kappa shape index (κ2) is 6.32. The molecule has 6 nitrogen and oxygen atoms in total. The van der Waals surface area contributed by atoms with Crippen molar-refractivity contribution >= 4 is 11.6 Å². The van der Waals surface area contributed by atoms with Gasteiger partial charge in [0.15, 0.2) is 11.5 Å². The molecule has 0 amide bonds. The van der Waals surface area contributed by atoms with Gasteiger partial charge in [-0.3, -0.25) is 0 Å². The Morgan fingerprint density at radius 3 is 2.84 bits per heavy atom. The molecule has 1 atom stereocenters. The van der Waals surface area contributed by atoms with Crippen LogP contribution in [0.4, 0.5) is 5.95 Å². The number of benzene rings is 2. The van der Waals surface area contributed by atoms with E-state index in [-0.39, 0.29) is 11.8 Å². The van der Waals surface area contributed by atoms with Crippen molar-refractivity contribution in [1.29, 1.82) is 0 Å². The average Bonchev–Trinajstić information content (AvgIpc) is 3.12. The highest BCUT2D eigenvalue weighted by molar-refractivity contribution is 5.77. The van der Waals surface area contributed by atoms with Gasteiger partial charge in [-0.1, -0.05) is 36.4 Å². The summed E-state index contributed by atoms with van der Waals surface area (Å²) in [7, 11) is 0. The first-order chi connectivity index (χ1) is 12.3. The number of allylic oxidation sites excluding steroid dienone is 1. The number of hydrogen-bond donors (Lipinski definition) is 2. The number of nitrogens with one attached hydrogen (secondary N) is 1. The Balaban J connectivity index is 1.80. The van der Waals surface area contributed by atoms with Crippen LogP contribution in [-0.4, -0.2) is 26.5 Å². The summed E-state index contributed by atoms with van der Waals surface area (Å²) in [4.78, 5) is 4.30. The number of ether oxygens (including phenoxy) is 1. The molecule has 0 saturated heterocycles. The standard InChI is InChI=1S/C19H18N4O2/c1-2-25-18-10-14(8-9-17(18)24)16-11-15(13-6-4-3-5-7-13)22-19-20-12-21-23(16)19/h3-12,16,24H,2H2,1H3,(H,20,21,22). The van der Waals surface area contributed by atoms with Crippen molar-refractivity contribution in [2.24, 2.45) is 0 Å². The van der Waals surface area contributed by atoms with Gasteiger partial charge in [-0.05, 0) is 36.3 Å². The molecule has 0 bridgehead atoms. The smallest absolute Gasteiger partial charge is 0.226 e. The quantitative estimate of drug-likeness (QED) is 0.765. The van der Waals surface area contributed by atoms with Crippen molar-refractivity contribution in [2.45, 2.75) is 13.0 Å². The molecule has 4 rings (SSSR count). The molecule has 126 valence electrons. The molecule has 1 unspecified atom stereocenters. The first kappa shape index (κ1) is 15.3. The van der Waals surface area contributed by atoms with E-state index in [2.05, 4.69) is 21.5 Å². The molecule has 2 heterocycles. The van der Waals surface area contributed by atoms with Gasteiger partial charge in [-0.15, -0.1) is 0 Å². The number of phenolic OH excluding ortho intramolecular Hbond substituents is 1. The Morgan fingerprint density at radius 2 is 2.04 bits per heavy atom. The minimum atomic E-state index is -0.145. The molecule has 0 saturated carbocycles. The monoisotopic (exact) mass is 334 g/mol. The fourth-order valence-electron chi connectivity index (χ4n) is 2.94. The lowest BCUT2D eigenvalue weighted by Gasteiger charge is -2.24. The molecule has 2 aromatic carbocycles. The molecule has 2 N–H and O–H groups in total. The summed E-state index contributed by atoms with van der Waals surface area (Å²) in [6.45, 7) is 2.38. The zero-order valence-corrected chi connectivity index (χ0v) is 13.8. The summed E-state index contributed by atoms with van der Waals surface area (Å²) in [6, 6.07) is 15.3. The van der Waals surface area contributed by atoms with Crippen molar-refractivity contribution in [2.75, 3.05) is 11.9 Å². The number of aromatic nitrogens is 3. The minimum Gasteiger partial charge on any atom is -0.504 e. The summed E-state index contributed by atoms with van der Waals surface area (Å²) in [5.74, 6) is 1.28. The highest BCUT2D eigenvalue weighted by atomic mass is 16.5. The molecule has 1 aliphatic rings. The predicted molar refractivity (Wildman–Crippen MR) is 95.5 cm³/mol. The van der Waals surface area contributed by atoms with Crippen LogP contribution in [0.3, 0.4) is 0 Å². The lowest BCUT2D eigenvalue weighted by molar-refractivity contribution is 0.317. The maximum atomic E-state index is 9.96. The van der Waals surface area contributed by atoms with Crippen LogP contribution in [0.1, 0.15) is 24.1 Å². The van der Waals surface area contributed by atoms with Crippen molar-refractivity contribution in [3.05, 3.63) is 72.1 Å². The molecule has 0 spiro atoms. The Bertz CT molecular complexity index is 918. The molecule has 0 radical (unpaired) electrons. The van der Waals surface area contributed by atoms with Crippen LogP contribution in [-0.2, 0) is 0 Å². The van der Waals surface area contributed by atoms with Gasteiger partial charge in [0, 0.05) is 5.70 Å². The number of hydrogen-bond acceptors (Lipinski definition) is 5. The maximum absolute atomic E-state index is 9.96. The summed E-state index contributed by atoms with van der Waals surface area (Å²) in [5.41, 5.74) is 3.01. The SMILES string of the molecule is CCOc1cc(C2C=C(c3ccccc3)Nc3ncnn32)ccc1O. The first-order valence-electron chi connectivity index (χ1n) is 8.15. The summed E-state index contributed by atoms with van der Waals surface area (Å²) in [5, 5.41) is 17.6. The molecule has 1 aromatic heterocycles. The van der Waals surface area contributed by atoms with Gasteiger partial charge in [0.1, 0.15) is 12.4 Å². The molecular weight excluding hydrogens is 316 g/mol. The molecule has 1 aliphatic heterocycles. The third-order valence-corrected chi connectivity index (χ3v) is 4.12. The maximum Gasteiger partial charge on any atom is 0.226 e. The van der Waals surface area contributed by atoms with Crippen LogP contribution in [0.5, 0.6) is 11.5 Å². The zero-order valence-electron chi connectivity index (χ0n) is 13.8. The summed E-state index contributed by atoms with van der Waals surface area (Å²) < 4.78 is 7.33. The van der Waals surface area contributed by atoms with Gasteiger partial charge in [0.25, 0.3) is 0 Å². The Morgan fingerprint density at radius 1 is 1.20 bits per heavy atom. The van der Waals surface area contributed by atoms with Crippen molar-refractivity contribution < 1.29 is 9.84 Å². The largest absolute Gasteiger partial charge is 0.504 e. The number of nitrogens with zero attached hydrogens (tertiary/aromatic N) is 3. The number of phenols is 1. The van der Waals surface area contributed by atoms with Gasteiger partial charge >= 0.3 is 0 Å². The topological polar surface area (TPSA) is 72.2 Å². The number of anilines is 1. The lowest BCUT2D eigenvalue weighted by Crippen LogP contribution is -2.20. The fourth-order valence-corrected chi connectivity index (χ4v) is 2.94. The van der Waals surface area contributed by atoms with E-state index in [1.807, 2.05) is 54.1 Å². The summed E-state index contributed by atoms with van der Waals surface area (Å²) >= 11 is 0. The van der Waals surface area contributed by atoms with Crippen LogP contribution < -0.4 is 10.1 Å². The molecule has 6 heteroatoms. The predicted octanol–water partition coefficient (Wildman–Crippen LogP) is 3.44. The van der Waals surface area contributed by atoms with E-state index in [4.69, 9.17) is 4.74 Å². The van der Waals surface area contributed by atoms with Gasteiger partial charge in [-0.25, -0.2) is 4.68 Å². The minimum absolute atomic E-state index is 0.130. The van der Waals surface area contributed by atoms with E-state index < -0.39 is 0 Å². The Labute approximate surface area is 145 Å². The third-order valence-electron chi connectivity index (χ3n) is 4.12. The van der Waals surface area contributed by atoms with Gasteiger partial charge in [0.2, 0.25) is 5.95 Å². The molecule has 0 aliphatic carbocycles. The van der Waals surface area contributed by atoms with Crippen LogP contribution in [0.15, 0.2) is 60.9 Å². The molecule has 25 heavy (non-hydrogen) atoms. The zero-order chi connectivity index (χ0) is 17.2. The highest BCUT2D eigenvalue weighted by Gasteiger charge is 2.24. The normalized spacial score (nSPS) is 15.9. The number of rotatable bonds is 4. The lowest BCUT2D eigenvalue weighted by atomic mass is 10.0. The van der Waals surface area contributed by atoms with Crippen molar-refractivity contribution in [1.82, 2.24) is 14.8 Å².